The van der Waals surface area contributed by atoms with E-state index in [9.17, 15) is 4.79 Å². The first kappa shape index (κ1) is 18.7. The zero-order valence-electron chi connectivity index (χ0n) is 16.7. The predicted octanol–water partition coefficient (Wildman–Crippen LogP) is 2.27. The summed E-state index contributed by atoms with van der Waals surface area (Å²) in [5.41, 5.74) is 3.16. The summed E-state index contributed by atoms with van der Waals surface area (Å²) >= 11 is 0. The molecule has 4 rings (SSSR count). The highest BCUT2D eigenvalue weighted by Gasteiger charge is 2.21. The molecule has 3 aromatic rings. The second-order valence-corrected chi connectivity index (χ2v) is 8.54. The van der Waals surface area contributed by atoms with E-state index in [2.05, 4.69) is 70.7 Å². The number of aromatic amines is 1. The van der Waals surface area contributed by atoms with Crippen LogP contribution in [0.4, 0.5) is 5.95 Å². The van der Waals surface area contributed by atoms with Gasteiger partial charge in [0.1, 0.15) is 5.82 Å². The molecule has 2 aromatic heterocycles. The number of rotatable bonds is 6. The van der Waals surface area contributed by atoms with E-state index in [1.54, 1.807) is 4.52 Å². The fourth-order valence-electron chi connectivity index (χ4n) is 3.66. The highest BCUT2D eigenvalue weighted by atomic mass is 16.1. The summed E-state index contributed by atoms with van der Waals surface area (Å²) in [7, 11) is 0. The normalized spacial score (nSPS) is 14.5. The van der Waals surface area contributed by atoms with E-state index < -0.39 is 0 Å². The molecule has 0 amide bonds. The summed E-state index contributed by atoms with van der Waals surface area (Å²) in [5, 5.41) is 9.77. The monoisotopic (exact) mass is 380 g/mol. The Balaban J connectivity index is 1.34. The van der Waals surface area contributed by atoms with Gasteiger partial charge in [0.05, 0.1) is 0 Å². The van der Waals surface area contributed by atoms with Gasteiger partial charge in [-0.2, -0.15) is 4.98 Å². The molecule has 0 atom stereocenters. The molecular formula is C21H28N6O. The summed E-state index contributed by atoms with van der Waals surface area (Å²) in [6.45, 7) is 7.90. The minimum absolute atomic E-state index is 0.175. The predicted molar refractivity (Wildman–Crippen MR) is 111 cm³/mol. The van der Waals surface area contributed by atoms with E-state index in [1.165, 1.54) is 17.2 Å². The summed E-state index contributed by atoms with van der Waals surface area (Å²) in [5.74, 6) is 1.35. The molecule has 1 aromatic carbocycles. The van der Waals surface area contributed by atoms with Crippen LogP contribution in [0.2, 0.25) is 0 Å². The van der Waals surface area contributed by atoms with Crippen molar-refractivity contribution in [2.45, 2.75) is 51.5 Å². The standard InChI is InChI=1S/C21H28N6O/c1-21(2,3)19-24-17-13-18(28)26-27(17)20(25-19)23-10-6-9-22-16-11-14-7-4-5-8-15(14)12-16/h4-5,7-8,13,16,22H,6,9-12H2,1-3H3,(H,26,28)(H,23,24,25). The fraction of sp³-hybridized carbons (Fsp3) is 0.476. The first-order valence-electron chi connectivity index (χ1n) is 9.94. The van der Waals surface area contributed by atoms with Crippen LogP contribution in [0, 0.1) is 0 Å². The third-order valence-corrected chi connectivity index (χ3v) is 5.15. The number of anilines is 1. The van der Waals surface area contributed by atoms with E-state index in [0.717, 1.165) is 38.2 Å². The lowest BCUT2D eigenvalue weighted by atomic mass is 9.96. The van der Waals surface area contributed by atoms with Crippen LogP contribution in [0.15, 0.2) is 35.1 Å². The molecule has 7 heteroatoms. The Morgan fingerprint density at radius 2 is 1.86 bits per heavy atom. The van der Waals surface area contributed by atoms with Gasteiger partial charge >= 0.3 is 0 Å². The Kier molecular flexibility index (Phi) is 4.93. The molecule has 3 N–H and O–H groups in total. The second kappa shape index (κ2) is 7.39. The van der Waals surface area contributed by atoms with Crippen LogP contribution in [-0.4, -0.2) is 38.7 Å². The van der Waals surface area contributed by atoms with E-state index in [-0.39, 0.29) is 11.0 Å². The third kappa shape index (κ3) is 3.94. The van der Waals surface area contributed by atoms with Gasteiger partial charge in [-0.3, -0.25) is 9.89 Å². The van der Waals surface area contributed by atoms with Crippen molar-refractivity contribution in [3.05, 3.63) is 57.6 Å². The number of nitrogens with zero attached hydrogens (tertiary/aromatic N) is 3. The zero-order chi connectivity index (χ0) is 19.7. The maximum absolute atomic E-state index is 11.7. The van der Waals surface area contributed by atoms with E-state index in [1.807, 2.05) is 0 Å². The van der Waals surface area contributed by atoms with Gasteiger partial charge in [-0.25, -0.2) is 9.50 Å². The summed E-state index contributed by atoms with van der Waals surface area (Å²) < 4.78 is 1.62. The van der Waals surface area contributed by atoms with Gasteiger partial charge in [-0.05, 0) is 36.9 Å². The topological polar surface area (TPSA) is 87.1 Å². The summed E-state index contributed by atoms with van der Waals surface area (Å²) in [6.07, 6.45) is 3.18. The number of hydrogen-bond donors (Lipinski definition) is 3. The van der Waals surface area contributed by atoms with Crippen LogP contribution in [0.25, 0.3) is 5.65 Å². The molecule has 0 saturated carbocycles. The summed E-state index contributed by atoms with van der Waals surface area (Å²) in [6, 6.07) is 10.7. The Hall–Kier alpha value is -2.67. The number of hydrogen-bond acceptors (Lipinski definition) is 5. The summed E-state index contributed by atoms with van der Waals surface area (Å²) in [4.78, 5) is 20.9. The highest BCUT2D eigenvalue weighted by Crippen LogP contribution is 2.22. The first-order chi connectivity index (χ1) is 13.4. The Bertz CT molecular complexity index is 1000. The SMILES string of the molecule is CC(C)(C)c1nc(NCCCNC2Cc3ccccc3C2)n2[nH]c(=O)cc2n1. The van der Waals surface area contributed by atoms with Crippen LogP contribution in [0.1, 0.15) is 44.1 Å². The van der Waals surface area contributed by atoms with E-state index in [4.69, 9.17) is 0 Å². The second-order valence-electron chi connectivity index (χ2n) is 8.54. The van der Waals surface area contributed by atoms with Crippen molar-refractivity contribution in [2.75, 3.05) is 18.4 Å². The molecule has 0 spiro atoms. The van der Waals surface area contributed by atoms with Gasteiger partial charge in [0.15, 0.2) is 5.65 Å². The molecule has 0 aliphatic heterocycles. The van der Waals surface area contributed by atoms with Crippen LogP contribution < -0.4 is 16.2 Å². The van der Waals surface area contributed by atoms with Crippen LogP contribution in [0.3, 0.4) is 0 Å². The lowest BCUT2D eigenvalue weighted by Crippen LogP contribution is -2.31. The number of fused-ring (bicyclic) bond motifs is 2. The lowest BCUT2D eigenvalue weighted by Gasteiger charge is -2.18. The number of aromatic nitrogens is 4. The average molecular weight is 380 g/mol. The molecule has 0 saturated heterocycles. The molecule has 148 valence electrons. The number of benzene rings is 1. The van der Waals surface area contributed by atoms with Crippen molar-refractivity contribution in [3.63, 3.8) is 0 Å². The minimum atomic E-state index is -0.190. The van der Waals surface area contributed by atoms with Crippen LogP contribution in [0.5, 0.6) is 0 Å². The number of H-pyrrole nitrogens is 1. The smallest absolute Gasteiger partial charge is 0.266 e. The van der Waals surface area contributed by atoms with Gasteiger partial charge in [-0.1, -0.05) is 45.0 Å². The molecule has 28 heavy (non-hydrogen) atoms. The third-order valence-electron chi connectivity index (χ3n) is 5.15. The lowest BCUT2D eigenvalue weighted by molar-refractivity contribution is 0.526. The average Bonchev–Trinajstić information content (AvgIpc) is 3.22. The first-order valence-corrected chi connectivity index (χ1v) is 9.94. The van der Waals surface area contributed by atoms with E-state index >= 15 is 0 Å². The van der Waals surface area contributed by atoms with Gasteiger partial charge < -0.3 is 10.6 Å². The molecule has 0 bridgehead atoms. The van der Waals surface area contributed by atoms with Crippen molar-refractivity contribution < 1.29 is 0 Å². The van der Waals surface area contributed by atoms with Crippen LogP contribution >= 0.6 is 0 Å². The van der Waals surface area contributed by atoms with Crippen molar-refractivity contribution in [1.29, 1.82) is 0 Å². The Morgan fingerprint density at radius 3 is 2.54 bits per heavy atom. The zero-order valence-corrected chi connectivity index (χ0v) is 16.7. The van der Waals surface area contributed by atoms with Crippen molar-refractivity contribution in [1.82, 2.24) is 24.9 Å². The minimum Gasteiger partial charge on any atom is -0.354 e. The molecule has 0 radical (unpaired) electrons. The van der Waals surface area contributed by atoms with E-state index in [0.29, 0.717) is 17.6 Å². The van der Waals surface area contributed by atoms with Crippen molar-refractivity contribution in [3.8, 4) is 0 Å². The molecule has 2 heterocycles. The van der Waals surface area contributed by atoms with Crippen molar-refractivity contribution in [2.24, 2.45) is 0 Å². The van der Waals surface area contributed by atoms with Crippen LogP contribution in [-0.2, 0) is 18.3 Å². The quantitative estimate of drug-likeness (QED) is 0.571. The van der Waals surface area contributed by atoms with Gasteiger partial charge in [0.25, 0.3) is 5.56 Å². The maximum atomic E-state index is 11.7. The van der Waals surface area contributed by atoms with Gasteiger partial charge in [0.2, 0.25) is 5.95 Å². The molecule has 0 unspecified atom stereocenters. The van der Waals surface area contributed by atoms with Crippen molar-refractivity contribution >= 4 is 11.6 Å². The van der Waals surface area contributed by atoms with Gasteiger partial charge in [0, 0.05) is 24.1 Å². The maximum Gasteiger partial charge on any atom is 0.266 e. The highest BCUT2D eigenvalue weighted by molar-refractivity contribution is 5.44. The van der Waals surface area contributed by atoms with Gasteiger partial charge in [-0.15, -0.1) is 0 Å². The molecule has 1 aliphatic rings. The molecule has 7 nitrogen and oxygen atoms in total. The Morgan fingerprint density at radius 1 is 1.14 bits per heavy atom. The molecule has 0 fully saturated rings. The Labute approximate surface area is 164 Å². The fourth-order valence-corrected chi connectivity index (χ4v) is 3.66. The molecule has 1 aliphatic carbocycles. The largest absolute Gasteiger partial charge is 0.354 e. The molecular weight excluding hydrogens is 352 g/mol. The number of nitrogens with one attached hydrogen (secondary N) is 3.